The van der Waals surface area contributed by atoms with E-state index in [0.717, 1.165) is 18.4 Å². The van der Waals surface area contributed by atoms with Crippen molar-refractivity contribution in [1.29, 1.82) is 0 Å². The lowest BCUT2D eigenvalue weighted by Gasteiger charge is -2.41. The van der Waals surface area contributed by atoms with Crippen LogP contribution in [0.2, 0.25) is 0 Å². The molecule has 1 aromatic carbocycles. The van der Waals surface area contributed by atoms with E-state index in [1.54, 1.807) is 19.1 Å². The molecule has 0 aliphatic carbocycles. The van der Waals surface area contributed by atoms with Crippen molar-refractivity contribution in [3.05, 3.63) is 70.1 Å². The van der Waals surface area contributed by atoms with Crippen molar-refractivity contribution in [2.24, 2.45) is 0 Å². The molecule has 2 N–H and O–H groups in total. The Balaban J connectivity index is 1.81. The van der Waals surface area contributed by atoms with Gasteiger partial charge in [-0.1, -0.05) is 36.4 Å². The van der Waals surface area contributed by atoms with Gasteiger partial charge in [0.05, 0.1) is 12.1 Å². The molecule has 0 saturated carbocycles. The van der Waals surface area contributed by atoms with Crippen molar-refractivity contribution in [2.75, 3.05) is 6.54 Å². The fraction of sp³-hybridized carbons (Fsp3) is 0.350. The lowest BCUT2D eigenvalue weighted by Crippen LogP contribution is -2.57. The van der Waals surface area contributed by atoms with E-state index in [1.165, 1.54) is 6.07 Å². The quantitative estimate of drug-likeness (QED) is 0.878. The Hall–Kier alpha value is -2.89. The van der Waals surface area contributed by atoms with Gasteiger partial charge in [0.15, 0.2) is 0 Å². The highest BCUT2D eigenvalue weighted by molar-refractivity contribution is 5.92. The van der Waals surface area contributed by atoms with Crippen molar-refractivity contribution < 1.29 is 9.59 Å². The van der Waals surface area contributed by atoms with E-state index in [4.69, 9.17) is 0 Å². The zero-order chi connectivity index (χ0) is 18.5. The number of amides is 2. The molecule has 0 spiro atoms. The van der Waals surface area contributed by atoms with Crippen LogP contribution >= 0.6 is 0 Å². The number of benzene rings is 1. The minimum absolute atomic E-state index is 0.0120. The molecule has 6 heteroatoms. The third-order valence-electron chi connectivity index (χ3n) is 4.80. The second-order valence-electron chi connectivity index (χ2n) is 6.62. The van der Waals surface area contributed by atoms with Gasteiger partial charge in [-0.15, -0.1) is 0 Å². The van der Waals surface area contributed by atoms with Crippen LogP contribution in [0.5, 0.6) is 0 Å². The fourth-order valence-electron chi connectivity index (χ4n) is 3.55. The normalized spacial score (nSPS) is 19.8. The third-order valence-corrected chi connectivity index (χ3v) is 4.80. The lowest BCUT2D eigenvalue weighted by molar-refractivity contribution is -0.133. The fourth-order valence-corrected chi connectivity index (χ4v) is 3.55. The maximum atomic E-state index is 12.6. The molecule has 0 radical (unpaired) electrons. The predicted molar refractivity (Wildman–Crippen MR) is 98.9 cm³/mol. The largest absolute Gasteiger partial charge is 0.346 e. The molecule has 1 saturated heterocycles. The van der Waals surface area contributed by atoms with Gasteiger partial charge in [0.25, 0.3) is 5.91 Å². The molecule has 0 bridgehead atoms. The van der Waals surface area contributed by atoms with Crippen molar-refractivity contribution in [3.8, 4) is 0 Å². The van der Waals surface area contributed by atoms with Gasteiger partial charge in [-0.25, -0.2) is 0 Å². The summed E-state index contributed by atoms with van der Waals surface area (Å²) in [6, 6.07) is 14.2. The molecular formula is C20H23N3O3. The first-order valence-electron chi connectivity index (χ1n) is 8.86. The Morgan fingerprint density at radius 2 is 1.92 bits per heavy atom. The molecule has 1 fully saturated rings. The highest BCUT2D eigenvalue weighted by Gasteiger charge is 2.34. The van der Waals surface area contributed by atoms with E-state index in [0.29, 0.717) is 13.0 Å². The van der Waals surface area contributed by atoms with Crippen molar-refractivity contribution in [1.82, 2.24) is 15.2 Å². The number of aromatic amines is 1. The highest BCUT2D eigenvalue weighted by Crippen LogP contribution is 2.22. The Labute approximate surface area is 152 Å². The first-order valence-corrected chi connectivity index (χ1v) is 8.86. The number of H-pyrrole nitrogens is 1. The molecular weight excluding hydrogens is 330 g/mol. The lowest BCUT2D eigenvalue weighted by atomic mass is 9.90. The molecule has 2 amide bonds. The minimum Gasteiger partial charge on any atom is -0.346 e. The monoisotopic (exact) mass is 353 g/mol. The maximum Gasteiger partial charge on any atom is 0.268 e. The topological polar surface area (TPSA) is 82.3 Å². The molecule has 0 unspecified atom stereocenters. The van der Waals surface area contributed by atoms with Crippen LogP contribution in [0.4, 0.5) is 0 Å². The molecule has 2 aromatic rings. The molecule has 2 atom stereocenters. The molecule has 3 rings (SSSR count). The first kappa shape index (κ1) is 17.9. The number of carbonyl (C=O) groups excluding carboxylic acids is 2. The van der Waals surface area contributed by atoms with Gasteiger partial charge in [0.1, 0.15) is 5.69 Å². The van der Waals surface area contributed by atoms with E-state index in [9.17, 15) is 14.4 Å². The van der Waals surface area contributed by atoms with Gasteiger partial charge in [-0.2, -0.15) is 0 Å². The van der Waals surface area contributed by atoms with E-state index < -0.39 is 0 Å². The number of pyridine rings is 1. The summed E-state index contributed by atoms with van der Waals surface area (Å²) in [7, 11) is 0. The molecule has 1 aliphatic heterocycles. The Morgan fingerprint density at radius 1 is 1.15 bits per heavy atom. The summed E-state index contributed by atoms with van der Waals surface area (Å²) in [6.07, 6.45) is 2.31. The number of rotatable bonds is 4. The zero-order valence-corrected chi connectivity index (χ0v) is 14.8. The molecule has 6 nitrogen and oxygen atoms in total. The van der Waals surface area contributed by atoms with Crippen molar-refractivity contribution >= 4 is 11.8 Å². The minimum atomic E-state index is -0.323. The van der Waals surface area contributed by atoms with E-state index in [1.807, 2.05) is 35.2 Å². The molecule has 1 aliphatic rings. The Morgan fingerprint density at radius 3 is 2.62 bits per heavy atom. The van der Waals surface area contributed by atoms with Crippen LogP contribution in [0, 0.1) is 0 Å². The summed E-state index contributed by atoms with van der Waals surface area (Å²) in [6.45, 7) is 2.26. The van der Waals surface area contributed by atoms with Gasteiger partial charge in [-0.05, 0) is 30.9 Å². The second kappa shape index (κ2) is 7.99. The first-order chi connectivity index (χ1) is 12.5. The smallest absolute Gasteiger partial charge is 0.268 e. The summed E-state index contributed by atoms with van der Waals surface area (Å²) in [5.41, 5.74) is 1.04. The van der Waals surface area contributed by atoms with Crippen LogP contribution in [0.25, 0.3) is 0 Å². The molecule has 1 aromatic heterocycles. The molecule has 2 heterocycles. The van der Waals surface area contributed by atoms with E-state index in [-0.39, 0.29) is 35.2 Å². The Kier molecular flexibility index (Phi) is 5.51. The van der Waals surface area contributed by atoms with Crippen LogP contribution in [0.3, 0.4) is 0 Å². The van der Waals surface area contributed by atoms with E-state index in [2.05, 4.69) is 10.3 Å². The van der Waals surface area contributed by atoms with Crippen LogP contribution in [-0.4, -0.2) is 40.3 Å². The van der Waals surface area contributed by atoms with Crippen molar-refractivity contribution in [3.63, 3.8) is 0 Å². The number of piperidine rings is 1. The number of likely N-dealkylation sites (tertiary alicyclic amines) is 1. The van der Waals surface area contributed by atoms with Gasteiger partial charge >= 0.3 is 0 Å². The molecule has 26 heavy (non-hydrogen) atoms. The average Bonchev–Trinajstić information content (AvgIpc) is 2.63. The second-order valence-corrected chi connectivity index (χ2v) is 6.62. The number of nitrogens with one attached hydrogen (secondary N) is 2. The van der Waals surface area contributed by atoms with Gasteiger partial charge in [0, 0.05) is 19.5 Å². The molecule has 136 valence electrons. The van der Waals surface area contributed by atoms with Crippen LogP contribution in [0.1, 0.15) is 35.8 Å². The summed E-state index contributed by atoms with van der Waals surface area (Å²) < 4.78 is 0. The summed E-state index contributed by atoms with van der Waals surface area (Å²) in [5.74, 6) is -0.311. The highest BCUT2D eigenvalue weighted by atomic mass is 16.2. The summed E-state index contributed by atoms with van der Waals surface area (Å²) >= 11 is 0. The standard InChI is InChI=1S/C20H23N3O3/c1-14(24)23-12-6-10-16(18(23)13-15-7-3-2-4-8-15)22-20(26)17-9-5-11-19(25)21-17/h2-5,7-9,11,16,18H,6,10,12-13H2,1H3,(H,21,25)(H,22,26)/t16-,18-/m0/s1. The summed E-state index contributed by atoms with van der Waals surface area (Å²) in [4.78, 5) is 40.5. The number of hydrogen-bond donors (Lipinski definition) is 2. The SMILES string of the molecule is CC(=O)N1CCC[C@H](NC(=O)c2cccc(=O)[nH]2)[C@@H]1Cc1ccccc1. The van der Waals surface area contributed by atoms with Gasteiger partial charge in [0.2, 0.25) is 11.5 Å². The Bertz CT molecular complexity index is 831. The van der Waals surface area contributed by atoms with Gasteiger partial charge < -0.3 is 15.2 Å². The average molecular weight is 353 g/mol. The predicted octanol–water partition coefficient (Wildman–Crippen LogP) is 1.73. The van der Waals surface area contributed by atoms with Crippen LogP contribution in [-0.2, 0) is 11.2 Å². The van der Waals surface area contributed by atoms with Crippen LogP contribution < -0.4 is 10.9 Å². The zero-order valence-electron chi connectivity index (χ0n) is 14.8. The number of aromatic nitrogens is 1. The maximum absolute atomic E-state index is 12.6. The van der Waals surface area contributed by atoms with Gasteiger partial charge in [-0.3, -0.25) is 14.4 Å². The summed E-state index contributed by atoms with van der Waals surface area (Å²) in [5, 5.41) is 3.01. The van der Waals surface area contributed by atoms with E-state index >= 15 is 0 Å². The van der Waals surface area contributed by atoms with Crippen LogP contribution in [0.15, 0.2) is 53.3 Å². The number of hydrogen-bond acceptors (Lipinski definition) is 3. The third kappa shape index (κ3) is 4.20. The number of nitrogens with zero attached hydrogens (tertiary/aromatic N) is 1. The number of carbonyl (C=O) groups is 2. The van der Waals surface area contributed by atoms with Crippen molar-refractivity contribution in [2.45, 2.75) is 38.3 Å².